The lowest BCUT2D eigenvalue weighted by Crippen LogP contribution is -2.56. The van der Waals surface area contributed by atoms with Crippen molar-refractivity contribution in [2.75, 3.05) is 6.61 Å². The van der Waals surface area contributed by atoms with Crippen molar-refractivity contribution in [2.24, 2.45) is 40.4 Å². The summed E-state index contributed by atoms with van der Waals surface area (Å²) in [5.41, 5.74) is 0.647. The third-order valence-corrected chi connectivity index (χ3v) is 8.34. The Hall–Kier alpha value is -1.26. The van der Waals surface area contributed by atoms with Gasteiger partial charge in [-0.1, -0.05) is 52.7 Å². The first kappa shape index (κ1) is 22.4. The van der Waals surface area contributed by atoms with Crippen LogP contribution < -0.4 is 0 Å². The van der Waals surface area contributed by atoms with E-state index in [2.05, 4.69) is 34.6 Å². The van der Waals surface area contributed by atoms with Crippen molar-refractivity contribution in [1.82, 2.24) is 0 Å². The number of aliphatic hydroxyl groups excluding tert-OH is 2. The number of allylic oxidation sites excluding steroid dienone is 4. The number of carbonyl (C=O) groups excluding carboxylic acids is 2. The second kappa shape index (κ2) is 8.11. The Bertz CT molecular complexity index is 722. The zero-order valence-corrected chi connectivity index (χ0v) is 18.6. The molecule has 29 heavy (non-hydrogen) atoms. The summed E-state index contributed by atoms with van der Waals surface area (Å²) in [6.07, 6.45) is 9.64. The lowest BCUT2D eigenvalue weighted by molar-refractivity contribution is -0.142. The van der Waals surface area contributed by atoms with E-state index in [0.29, 0.717) is 18.3 Å². The van der Waals surface area contributed by atoms with Crippen LogP contribution in [0.4, 0.5) is 0 Å². The predicted molar refractivity (Wildman–Crippen MR) is 114 cm³/mol. The largest absolute Gasteiger partial charge is 0.393 e. The Balaban J connectivity index is 0.000000755. The average molecular weight is 403 g/mol. The Morgan fingerprint density at radius 3 is 2.55 bits per heavy atom. The molecule has 0 saturated heterocycles. The number of Topliss-reactive ketones (excluding diaryl/α,β-unsaturated/α-hetero) is 1. The predicted octanol–water partition coefficient (Wildman–Crippen LogP) is 4.11. The zero-order valence-electron chi connectivity index (χ0n) is 18.6. The van der Waals surface area contributed by atoms with E-state index in [1.807, 2.05) is 6.08 Å². The number of aliphatic hydroxyl groups is 2. The van der Waals surface area contributed by atoms with Crippen LogP contribution in [0.5, 0.6) is 0 Å². The van der Waals surface area contributed by atoms with Crippen molar-refractivity contribution in [3.05, 3.63) is 23.8 Å². The van der Waals surface area contributed by atoms with E-state index in [-0.39, 0.29) is 40.2 Å². The lowest BCUT2D eigenvalue weighted by Gasteiger charge is -2.58. The Morgan fingerprint density at radius 1 is 1.28 bits per heavy atom. The van der Waals surface area contributed by atoms with Gasteiger partial charge in [-0.3, -0.25) is 9.59 Å². The molecule has 3 saturated carbocycles. The Morgan fingerprint density at radius 2 is 1.93 bits per heavy atom. The smallest absolute Gasteiger partial charge is 0.178 e. The molecule has 0 heterocycles. The first-order valence-corrected chi connectivity index (χ1v) is 11.4. The van der Waals surface area contributed by atoms with Crippen LogP contribution in [0.2, 0.25) is 0 Å². The number of rotatable bonds is 2. The number of hydrogen-bond acceptors (Lipinski definition) is 4. The van der Waals surface area contributed by atoms with Gasteiger partial charge in [-0.15, -0.1) is 0 Å². The van der Waals surface area contributed by atoms with E-state index in [4.69, 9.17) is 0 Å². The first-order valence-electron chi connectivity index (χ1n) is 11.4. The van der Waals surface area contributed by atoms with Crippen LogP contribution in [0.1, 0.15) is 66.7 Å². The molecule has 4 rings (SSSR count). The van der Waals surface area contributed by atoms with Crippen molar-refractivity contribution in [1.29, 1.82) is 0 Å². The van der Waals surface area contributed by atoms with Crippen molar-refractivity contribution >= 4 is 11.6 Å². The van der Waals surface area contributed by atoms with E-state index in [0.717, 1.165) is 24.8 Å². The van der Waals surface area contributed by atoms with E-state index in [9.17, 15) is 19.8 Å². The molecule has 0 amide bonds. The minimum atomic E-state index is -0.493. The number of fused-ring (bicyclic) bond motifs is 5. The van der Waals surface area contributed by atoms with Crippen molar-refractivity contribution < 1.29 is 19.8 Å². The van der Waals surface area contributed by atoms with Crippen LogP contribution in [0.3, 0.4) is 0 Å². The SMILES string of the molecule is CCC.C[C@H]1CC2C3CCC4=CC(=O)C=C[C@]4(C)C3[C@H](O)C[C@]2(C)C1C(=O)CO. The van der Waals surface area contributed by atoms with Gasteiger partial charge in [-0.2, -0.15) is 0 Å². The van der Waals surface area contributed by atoms with Gasteiger partial charge in [0.15, 0.2) is 11.6 Å². The van der Waals surface area contributed by atoms with Crippen molar-refractivity contribution in [3.63, 3.8) is 0 Å². The van der Waals surface area contributed by atoms with Crippen molar-refractivity contribution in [2.45, 2.75) is 72.8 Å². The highest BCUT2D eigenvalue weighted by molar-refractivity contribution is 6.01. The monoisotopic (exact) mass is 402 g/mol. The fourth-order valence-electron chi connectivity index (χ4n) is 7.48. The number of ketones is 2. The quantitative estimate of drug-likeness (QED) is 0.729. The molecule has 2 N–H and O–H groups in total. The number of hydrogen-bond donors (Lipinski definition) is 2. The summed E-state index contributed by atoms with van der Waals surface area (Å²) in [7, 11) is 0. The molecule has 8 atom stereocenters. The molecule has 0 radical (unpaired) electrons. The topological polar surface area (TPSA) is 74.6 Å². The summed E-state index contributed by atoms with van der Waals surface area (Å²) < 4.78 is 0. The molecule has 4 aliphatic carbocycles. The van der Waals surface area contributed by atoms with E-state index >= 15 is 0 Å². The molecule has 4 aliphatic rings. The molecule has 4 unspecified atom stereocenters. The normalized spacial score (nSPS) is 45.3. The van der Waals surface area contributed by atoms with Crippen LogP contribution in [0.25, 0.3) is 0 Å². The lowest BCUT2D eigenvalue weighted by atomic mass is 9.46. The molecule has 0 aromatic carbocycles. The molecule has 4 heteroatoms. The van der Waals surface area contributed by atoms with E-state index < -0.39 is 12.7 Å². The molecule has 0 spiro atoms. The van der Waals surface area contributed by atoms with E-state index in [1.165, 1.54) is 6.42 Å². The summed E-state index contributed by atoms with van der Waals surface area (Å²) >= 11 is 0. The molecular formula is C25H38O4. The molecule has 0 aromatic rings. The van der Waals surface area contributed by atoms with Gasteiger partial charge < -0.3 is 10.2 Å². The van der Waals surface area contributed by atoms with Crippen LogP contribution in [0.15, 0.2) is 23.8 Å². The van der Waals surface area contributed by atoms with Crippen LogP contribution in [0, 0.1) is 40.4 Å². The zero-order chi connectivity index (χ0) is 21.6. The van der Waals surface area contributed by atoms with Gasteiger partial charge in [-0.25, -0.2) is 0 Å². The first-order chi connectivity index (χ1) is 13.6. The highest BCUT2D eigenvalue weighted by Crippen LogP contribution is 2.67. The minimum absolute atomic E-state index is 0.0501. The maximum atomic E-state index is 12.5. The van der Waals surface area contributed by atoms with Gasteiger partial charge in [0.25, 0.3) is 0 Å². The van der Waals surface area contributed by atoms with E-state index in [1.54, 1.807) is 12.2 Å². The summed E-state index contributed by atoms with van der Waals surface area (Å²) in [5.74, 6) is 0.886. The van der Waals surface area contributed by atoms with Crippen LogP contribution in [-0.2, 0) is 9.59 Å². The maximum Gasteiger partial charge on any atom is 0.178 e. The summed E-state index contributed by atoms with van der Waals surface area (Å²) in [4.78, 5) is 24.3. The molecule has 0 bridgehead atoms. The standard InChI is InChI=1S/C22H30O4.C3H8/c1-12-8-16-15-5-4-13-9-14(24)6-7-21(13,2)20(15)17(25)10-22(16,3)19(12)18(26)11-23;1-3-2/h6-7,9,12,15-17,19-20,23,25H,4-5,8,10-11H2,1-3H3;3H2,1-2H3/t12-,15?,16?,17+,19?,20?,21-,22-;/m0./s1. The fraction of sp³-hybridized carbons (Fsp3) is 0.760. The average Bonchev–Trinajstić information content (AvgIpc) is 2.92. The Kier molecular flexibility index (Phi) is 6.27. The molecule has 162 valence electrons. The minimum Gasteiger partial charge on any atom is -0.393 e. The third kappa shape index (κ3) is 3.46. The summed E-state index contributed by atoms with van der Waals surface area (Å²) in [6.45, 7) is 10.3. The van der Waals surface area contributed by atoms with Crippen LogP contribution in [-0.4, -0.2) is 34.5 Å². The van der Waals surface area contributed by atoms with Gasteiger partial charge in [0.2, 0.25) is 0 Å². The Labute approximate surface area is 175 Å². The molecule has 4 nitrogen and oxygen atoms in total. The molecular weight excluding hydrogens is 364 g/mol. The molecule has 3 fully saturated rings. The maximum absolute atomic E-state index is 12.5. The van der Waals surface area contributed by atoms with Gasteiger partial charge in [0.05, 0.1) is 6.10 Å². The molecule has 0 aromatic heterocycles. The number of carbonyl (C=O) groups is 2. The van der Waals surface area contributed by atoms with Crippen LogP contribution >= 0.6 is 0 Å². The van der Waals surface area contributed by atoms with Gasteiger partial charge in [-0.05, 0) is 61.0 Å². The summed E-state index contributed by atoms with van der Waals surface area (Å²) in [6, 6.07) is 0. The highest BCUT2D eigenvalue weighted by Gasteiger charge is 2.64. The molecule has 0 aliphatic heterocycles. The fourth-order valence-corrected chi connectivity index (χ4v) is 7.48. The second-order valence-electron chi connectivity index (χ2n) is 10.3. The highest BCUT2D eigenvalue weighted by atomic mass is 16.3. The van der Waals surface area contributed by atoms with Gasteiger partial charge >= 0.3 is 0 Å². The van der Waals surface area contributed by atoms with Gasteiger partial charge in [0.1, 0.15) is 6.61 Å². The second-order valence-corrected chi connectivity index (χ2v) is 10.3. The van der Waals surface area contributed by atoms with Gasteiger partial charge in [0, 0.05) is 17.3 Å². The van der Waals surface area contributed by atoms with Crippen molar-refractivity contribution in [3.8, 4) is 0 Å². The summed E-state index contributed by atoms with van der Waals surface area (Å²) in [5, 5.41) is 20.7. The third-order valence-electron chi connectivity index (χ3n) is 8.34.